The largest absolute Gasteiger partial charge is 0.480 e. The molecular formula is C13H16FNO2. The van der Waals surface area contributed by atoms with Crippen molar-refractivity contribution < 1.29 is 14.3 Å². The molecule has 0 amide bonds. The molecule has 0 aliphatic carbocycles. The highest BCUT2D eigenvalue weighted by molar-refractivity contribution is 5.79. The number of hydrogen-bond donors (Lipinski definition) is 1. The Kier molecular flexibility index (Phi) is 3.15. The van der Waals surface area contributed by atoms with Crippen molar-refractivity contribution in [3.63, 3.8) is 0 Å². The Labute approximate surface area is 99.9 Å². The van der Waals surface area contributed by atoms with Crippen LogP contribution in [0.5, 0.6) is 0 Å². The number of likely N-dealkylation sites (N-methyl/N-ethyl adjacent to an activating group) is 1. The highest BCUT2D eigenvalue weighted by atomic mass is 19.1. The van der Waals surface area contributed by atoms with Crippen molar-refractivity contribution >= 4 is 5.97 Å². The van der Waals surface area contributed by atoms with Gasteiger partial charge in [-0.1, -0.05) is 12.1 Å². The van der Waals surface area contributed by atoms with Crippen LogP contribution < -0.4 is 0 Å². The zero-order chi connectivity index (χ0) is 12.5. The molecule has 17 heavy (non-hydrogen) atoms. The van der Waals surface area contributed by atoms with Crippen LogP contribution in [0.4, 0.5) is 4.39 Å². The third-order valence-corrected chi connectivity index (χ3v) is 3.62. The Bertz CT molecular complexity index is 418. The van der Waals surface area contributed by atoms with Gasteiger partial charge in [0, 0.05) is 6.42 Å². The fourth-order valence-electron chi connectivity index (χ4n) is 2.52. The van der Waals surface area contributed by atoms with Crippen molar-refractivity contribution in [1.82, 2.24) is 4.90 Å². The van der Waals surface area contributed by atoms with Crippen LogP contribution >= 0.6 is 0 Å². The highest BCUT2D eigenvalue weighted by Crippen LogP contribution is 2.31. The lowest BCUT2D eigenvalue weighted by atomic mass is 9.88. The molecule has 1 aliphatic rings. The molecule has 1 N–H and O–H groups in total. The van der Waals surface area contributed by atoms with Crippen LogP contribution in [-0.4, -0.2) is 35.1 Å². The number of benzene rings is 1. The molecule has 0 aromatic heterocycles. The number of carboxylic acid groups (broad SMARTS) is 1. The quantitative estimate of drug-likeness (QED) is 0.873. The van der Waals surface area contributed by atoms with Crippen molar-refractivity contribution in [1.29, 1.82) is 0 Å². The van der Waals surface area contributed by atoms with Crippen molar-refractivity contribution in [3.8, 4) is 0 Å². The van der Waals surface area contributed by atoms with Gasteiger partial charge in [0.25, 0.3) is 0 Å². The summed E-state index contributed by atoms with van der Waals surface area (Å²) >= 11 is 0. The first-order valence-electron chi connectivity index (χ1n) is 5.74. The van der Waals surface area contributed by atoms with Gasteiger partial charge in [-0.2, -0.15) is 0 Å². The molecule has 1 aromatic rings. The van der Waals surface area contributed by atoms with E-state index < -0.39 is 11.5 Å². The Morgan fingerprint density at radius 1 is 1.47 bits per heavy atom. The molecule has 1 saturated heterocycles. The first kappa shape index (κ1) is 12.0. The van der Waals surface area contributed by atoms with Crippen LogP contribution in [-0.2, 0) is 11.2 Å². The Morgan fingerprint density at radius 3 is 2.59 bits per heavy atom. The SMILES string of the molecule is CN1CCCC1(Cc1ccc(F)cc1)C(=O)O. The van der Waals surface area contributed by atoms with Gasteiger partial charge in [0.1, 0.15) is 11.4 Å². The Morgan fingerprint density at radius 2 is 2.12 bits per heavy atom. The number of aliphatic carboxylic acids is 1. The van der Waals surface area contributed by atoms with Gasteiger partial charge < -0.3 is 5.11 Å². The molecule has 0 radical (unpaired) electrons. The van der Waals surface area contributed by atoms with E-state index in [-0.39, 0.29) is 5.82 Å². The fourth-order valence-corrected chi connectivity index (χ4v) is 2.52. The highest BCUT2D eigenvalue weighted by Gasteiger charge is 2.45. The minimum atomic E-state index is -0.822. The first-order chi connectivity index (χ1) is 8.04. The number of carbonyl (C=O) groups is 1. The van der Waals surface area contributed by atoms with Crippen molar-refractivity contribution in [3.05, 3.63) is 35.6 Å². The van der Waals surface area contributed by atoms with Crippen molar-refractivity contribution in [2.45, 2.75) is 24.8 Å². The van der Waals surface area contributed by atoms with Crippen LogP contribution in [0.25, 0.3) is 0 Å². The van der Waals surface area contributed by atoms with Crippen LogP contribution in [0.15, 0.2) is 24.3 Å². The molecule has 0 bridgehead atoms. The molecule has 1 unspecified atom stereocenters. The predicted octanol–water partition coefficient (Wildman–Crippen LogP) is 1.92. The molecular weight excluding hydrogens is 221 g/mol. The summed E-state index contributed by atoms with van der Waals surface area (Å²) in [5.41, 5.74) is 0.0419. The molecule has 1 fully saturated rings. The Hall–Kier alpha value is -1.42. The molecule has 2 rings (SSSR count). The summed E-state index contributed by atoms with van der Waals surface area (Å²) in [7, 11) is 1.84. The maximum Gasteiger partial charge on any atom is 0.324 e. The van der Waals surface area contributed by atoms with Crippen LogP contribution in [0.1, 0.15) is 18.4 Å². The molecule has 1 heterocycles. The van der Waals surface area contributed by atoms with Gasteiger partial charge in [-0.3, -0.25) is 9.69 Å². The second kappa shape index (κ2) is 4.45. The minimum absolute atomic E-state index is 0.294. The first-order valence-corrected chi connectivity index (χ1v) is 5.74. The van der Waals surface area contributed by atoms with E-state index in [1.165, 1.54) is 12.1 Å². The zero-order valence-corrected chi connectivity index (χ0v) is 9.82. The van der Waals surface area contributed by atoms with E-state index in [1.807, 2.05) is 11.9 Å². The number of carboxylic acids is 1. The number of rotatable bonds is 3. The molecule has 1 aliphatic heterocycles. The third-order valence-electron chi connectivity index (χ3n) is 3.62. The lowest BCUT2D eigenvalue weighted by Crippen LogP contribution is -2.50. The molecule has 0 spiro atoms. The second-order valence-electron chi connectivity index (χ2n) is 4.67. The van der Waals surface area contributed by atoms with Gasteiger partial charge in [-0.25, -0.2) is 4.39 Å². The van der Waals surface area contributed by atoms with E-state index in [9.17, 15) is 14.3 Å². The average molecular weight is 237 g/mol. The van der Waals surface area contributed by atoms with E-state index in [0.717, 1.165) is 18.5 Å². The van der Waals surface area contributed by atoms with Crippen LogP contribution in [0, 0.1) is 5.82 Å². The van der Waals surface area contributed by atoms with Crippen molar-refractivity contribution in [2.24, 2.45) is 0 Å². The number of hydrogen-bond acceptors (Lipinski definition) is 2. The minimum Gasteiger partial charge on any atom is -0.480 e. The van der Waals surface area contributed by atoms with E-state index in [1.54, 1.807) is 12.1 Å². The summed E-state index contributed by atoms with van der Waals surface area (Å²) in [6.07, 6.45) is 1.97. The molecule has 1 atom stereocenters. The van der Waals surface area contributed by atoms with Gasteiger partial charge in [0.05, 0.1) is 0 Å². The zero-order valence-electron chi connectivity index (χ0n) is 9.82. The van der Waals surface area contributed by atoms with Gasteiger partial charge in [0.2, 0.25) is 0 Å². The van der Waals surface area contributed by atoms with Crippen LogP contribution in [0.2, 0.25) is 0 Å². The topological polar surface area (TPSA) is 40.5 Å². The predicted molar refractivity (Wildman–Crippen MR) is 62.3 cm³/mol. The smallest absolute Gasteiger partial charge is 0.324 e. The molecule has 3 nitrogen and oxygen atoms in total. The van der Waals surface area contributed by atoms with E-state index in [2.05, 4.69) is 0 Å². The maximum atomic E-state index is 12.8. The summed E-state index contributed by atoms with van der Waals surface area (Å²) in [6.45, 7) is 0.799. The van der Waals surface area contributed by atoms with Gasteiger partial charge in [-0.15, -0.1) is 0 Å². The monoisotopic (exact) mass is 237 g/mol. The average Bonchev–Trinajstić information content (AvgIpc) is 2.65. The molecule has 4 heteroatoms. The third kappa shape index (κ3) is 2.17. The van der Waals surface area contributed by atoms with E-state index >= 15 is 0 Å². The normalized spacial score (nSPS) is 25.1. The summed E-state index contributed by atoms with van der Waals surface area (Å²) < 4.78 is 12.8. The summed E-state index contributed by atoms with van der Waals surface area (Å²) in [6, 6.07) is 6.07. The lowest BCUT2D eigenvalue weighted by molar-refractivity contribution is -0.148. The van der Waals surface area contributed by atoms with Gasteiger partial charge >= 0.3 is 5.97 Å². The number of likely N-dealkylation sites (tertiary alicyclic amines) is 1. The Balaban J connectivity index is 2.24. The molecule has 92 valence electrons. The summed E-state index contributed by atoms with van der Waals surface area (Å²) in [5, 5.41) is 9.43. The standard InChI is InChI=1S/C13H16FNO2/c1-15-8-2-7-13(15,12(16)17)9-10-3-5-11(14)6-4-10/h3-6H,2,7-9H2,1H3,(H,16,17). The summed E-state index contributed by atoms with van der Waals surface area (Å²) in [5.74, 6) is -1.08. The fraction of sp³-hybridized carbons (Fsp3) is 0.462. The molecule has 1 aromatic carbocycles. The van der Waals surface area contributed by atoms with E-state index in [0.29, 0.717) is 12.8 Å². The van der Waals surface area contributed by atoms with Gasteiger partial charge in [-0.05, 0) is 44.1 Å². The summed E-state index contributed by atoms with van der Waals surface area (Å²) in [4.78, 5) is 13.4. The van der Waals surface area contributed by atoms with E-state index in [4.69, 9.17) is 0 Å². The second-order valence-corrected chi connectivity index (χ2v) is 4.67. The lowest BCUT2D eigenvalue weighted by Gasteiger charge is -2.31. The number of nitrogens with zero attached hydrogens (tertiary/aromatic N) is 1. The van der Waals surface area contributed by atoms with Crippen molar-refractivity contribution in [2.75, 3.05) is 13.6 Å². The van der Waals surface area contributed by atoms with Crippen LogP contribution in [0.3, 0.4) is 0 Å². The van der Waals surface area contributed by atoms with Gasteiger partial charge in [0.15, 0.2) is 0 Å². The number of halogens is 1. The maximum absolute atomic E-state index is 12.8. The molecule has 0 saturated carbocycles.